The molecule has 0 saturated heterocycles. The molecule has 1 atom stereocenters. The summed E-state index contributed by atoms with van der Waals surface area (Å²) in [4.78, 5) is 0. The van der Waals surface area contributed by atoms with Crippen molar-refractivity contribution in [3.05, 3.63) is 34.9 Å². The Bertz CT molecular complexity index is 375. The highest BCUT2D eigenvalue weighted by atomic mass is 19.1. The highest BCUT2D eigenvalue weighted by molar-refractivity contribution is 5.29. The fourth-order valence-corrected chi connectivity index (χ4v) is 1.93. The van der Waals surface area contributed by atoms with Crippen LogP contribution in [0.25, 0.3) is 0 Å². The largest absolute Gasteiger partial charge is 0.310 e. The van der Waals surface area contributed by atoms with Crippen molar-refractivity contribution in [3.8, 4) is 0 Å². The molecule has 0 aromatic heterocycles. The van der Waals surface area contributed by atoms with Crippen LogP contribution in [0, 0.1) is 24.5 Å². The second kappa shape index (κ2) is 6.10. The summed E-state index contributed by atoms with van der Waals surface area (Å²) in [6.07, 6.45) is 0.943. The normalized spacial score (nSPS) is 13.1. The van der Waals surface area contributed by atoms with Crippen molar-refractivity contribution >= 4 is 0 Å². The zero-order chi connectivity index (χ0) is 13.0. The lowest BCUT2D eigenvalue weighted by Gasteiger charge is -2.24. The molecule has 0 fully saturated rings. The van der Waals surface area contributed by atoms with Crippen LogP contribution in [-0.2, 0) is 0 Å². The van der Waals surface area contributed by atoms with E-state index in [-0.39, 0.29) is 17.5 Å². The van der Waals surface area contributed by atoms with Crippen LogP contribution in [0.4, 0.5) is 8.78 Å². The van der Waals surface area contributed by atoms with Crippen molar-refractivity contribution in [2.45, 2.75) is 40.2 Å². The van der Waals surface area contributed by atoms with Crippen LogP contribution in [0.2, 0.25) is 0 Å². The third-order valence-corrected chi connectivity index (χ3v) is 2.91. The number of aryl methyl sites for hydroxylation is 1. The SMILES string of the molecule is CCCNC(c1c(F)ccc(C)c1F)C(C)C. The van der Waals surface area contributed by atoms with Crippen molar-refractivity contribution in [3.63, 3.8) is 0 Å². The average molecular weight is 241 g/mol. The van der Waals surface area contributed by atoms with Crippen molar-refractivity contribution in [2.24, 2.45) is 5.92 Å². The van der Waals surface area contributed by atoms with Crippen LogP contribution in [0.15, 0.2) is 12.1 Å². The number of benzene rings is 1. The van der Waals surface area contributed by atoms with Crippen molar-refractivity contribution < 1.29 is 8.78 Å². The number of hydrogen-bond acceptors (Lipinski definition) is 1. The van der Waals surface area contributed by atoms with E-state index in [9.17, 15) is 8.78 Å². The number of hydrogen-bond donors (Lipinski definition) is 1. The van der Waals surface area contributed by atoms with Crippen molar-refractivity contribution in [1.29, 1.82) is 0 Å². The Hall–Kier alpha value is -0.960. The van der Waals surface area contributed by atoms with E-state index in [2.05, 4.69) is 5.32 Å². The predicted molar refractivity (Wildman–Crippen MR) is 67.0 cm³/mol. The molecule has 1 rings (SSSR count). The minimum absolute atomic E-state index is 0.146. The molecular formula is C14H21F2N. The van der Waals surface area contributed by atoms with E-state index in [0.29, 0.717) is 5.56 Å². The molecule has 1 aromatic carbocycles. The fourth-order valence-electron chi connectivity index (χ4n) is 1.93. The summed E-state index contributed by atoms with van der Waals surface area (Å²) in [6, 6.07) is 2.55. The van der Waals surface area contributed by atoms with Gasteiger partial charge in [0, 0.05) is 11.6 Å². The highest BCUT2D eigenvalue weighted by Crippen LogP contribution is 2.28. The van der Waals surface area contributed by atoms with Crippen LogP contribution in [0.3, 0.4) is 0 Å². The summed E-state index contributed by atoms with van der Waals surface area (Å²) in [5.41, 5.74) is 0.666. The molecule has 0 saturated carbocycles. The van der Waals surface area contributed by atoms with Gasteiger partial charge in [0.25, 0.3) is 0 Å². The van der Waals surface area contributed by atoms with Crippen molar-refractivity contribution in [1.82, 2.24) is 5.32 Å². The molecule has 0 aliphatic heterocycles. The molecule has 0 amide bonds. The lowest BCUT2D eigenvalue weighted by molar-refractivity contribution is 0.380. The molecule has 0 aliphatic rings. The second-order valence-corrected chi connectivity index (χ2v) is 4.77. The molecule has 1 N–H and O–H groups in total. The van der Waals surface area contributed by atoms with Gasteiger partial charge < -0.3 is 5.32 Å². The van der Waals surface area contributed by atoms with E-state index in [1.54, 1.807) is 6.92 Å². The van der Waals surface area contributed by atoms with Gasteiger partial charge in [-0.2, -0.15) is 0 Å². The van der Waals surface area contributed by atoms with Gasteiger partial charge in [-0.3, -0.25) is 0 Å². The maximum atomic E-state index is 14.0. The lowest BCUT2D eigenvalue weighted by atomic mass is 9.93. The Morgan fingerprint density at radius 2 is 1.88 bits per heavy atom. The van der Waals surface area contributed by atoms with E-state index in [0.717, 1.165) is 13.0 Å². The van der Waals surface area contributed by atoms with Crippen LogP contribution < -0.4 is 5.32 Å². The average Bonchev–Trinajstić information content (AvgIpc) is 2.28. The van der Waals surface area contributed by atoms with Crippen molar-refractivity contribution in [2.75, 3.05) is 6.54 Å². The smallest absolute Gasteiger partial charge is 0.133 e. The summed E-state index contributed by atoms with van der Waals surface area (Å²) in [5, 5.41) is 3.21. The number of nitrogens with one attached hydrogen (secondary N) is 1. The third kappa shape index (κ3) is 3.25. The molecule has 17 heavy (non-hydrogen) atoms. The summed E-state index contributed by atoms with van der Waals surface area (Å²) in [6.45, 7) is 8.39. The van der Waals surface area contributed by atoms with Crippen LogP contribution >= 0.6 is 0 Å². The Balaban J connectivity index is 3.13. The Morgan fingerprint density at radius 3 is 2.41 bits per heavy atom. The quantitative estimate of drug-likeness (QED) is 0.822. The summed E-state index contributed by atoms with van der Waals surface area (Å²) in [7, 11) is 0. The summed E-state index contributed by atoms with van der Waals surface area (Å²) < 4.78 is 27.8. The van der Waals surface area contributed by atoms with E-state index in [4.69, 9.17) is 0 Å². The molecule has 0 bridgehead atoms. The minimum Gasteiger partial charge on any atom is -0.310 e. The van der Waals surface area contributed by atoms with E-state index >= 15 is 0 Å². The van der Waals surface area contributed by atoms with Crippen LogP contribution in [-0.4, -0.2) is 6.54 Å². The summed E-state index contributed by atoms with van der Waals surface area (Å²) >= 11 is 0. The van der Waals surface area contributed by atoms with Gasteiger partial charge in [-0.15, -0.1) is 0 Å². The highest BCUT2D eigenvalue weighted by Gasteiger charge is 2.23. The third-order valence-electron chi connectivity index (χ3n) is 2.91. The van der Waals surface area contributed by atoms with E-state index < -0.39 is 11.6 Å². The molecule has 96 valence electrons. The molecule has 0 heterocycles. The zero-order valence-electron chi connectivity index (χ0n) is 11.0. The van der Waals surface area contributed by atoms with Gasteiger partial charge in [-0.25, -0.2) is 8.78 Å². The Kier molecular flexibility index (Phi) is 5.06. The molecule has 3 heteroatoms. The van der Waals surface area contributed by atoms with Gasteiger partial charge in [-0.1, -0.05) is 26.8 Å². The lowest BCUT2D eigenvalue weighted by Crippen LogP contribution is -2.28. The maximum absolute atomic E-state index is 14.0. The first-order valence-electron chi connectivity index (χ1n) is 6.16. The molecule has 1 unspecified atom stereocenters. The minimum atomic E-state index is -0.463. The molecule has 0 spiro atoms. The standard InChI is InChI=1S/C14H21F2N/c1-5-8-17-14(9(2)3)12-11(15)7-6-10(4)13(12)16/h6-7,9,14,17H,5,8H2,1-4H3. The van der Waals surface area contributed by atoms with E-state index in [1.807, 2.05) is 20.8 Å². The maximum Gasteiger partial charge on any atom is 0.133 e. The van der Waals surface area contributed by atoms with Crippen LogP contribution in [0.5, 0.6) is 0 Å². The molecular weight excluding hydrogens is 220 g/mol. The summed E-state index contributed by atoms with van der Waals surface area (Å²) in [5.74, 6) is -0.741. The molecule has 1 aromatic rings. The number of rotatable bonds is 5. The molecule has 0 radical (unpaired) electrons. The fraction of sp³-hybridized carbons (Fsp3) is 0.571. The Morgan fingerprint density at radius 1 is 1.24 bits per heavy atom. The van der Waals surface area contributed by atoms with Gasteiger partial charge in [0.05, 0.1) is 0 Å². The first kappa shape index (κ1) is 14.1. The molecule has 1 nitrogen and oxygen atoms in total. The van der Waals surface area contributed by atoms with Crippen LogP contribution in [0.1, 0.15) is 44.4 Å². The van der Waals surface area contributed by atoms with Gasteiger partial charge in [0.2, 0.25) is 0 Å². The van der Waals surface area contributed by atoms with Gasteiger partial charge in [0.1, 0.15) is 11.6 Å². The monoisotopic (exact) mass is 241 g/mol. The number of halogens is 2. The van der Waals surface area contributed by atoms with Gasteiger partial charge >= 0.3 is 0 Å². The topological polar surface area (TPSA) is 12.0 Å². The van der Waals surface area contributed by atoms with Gasteiger partial charge in [0.15, 0.2) is 0 Å². The first-order chi connectivity index (χ1) is 7.99. The van der Waals surface area contributed by atoms with Gasteiger partial charge in [-0.05, 0) is 37.4 Å². The first-order valence-corrected chi connectivity index (χ1v) is 6.16. The second-order valence-electron chi connectivity index (χ2n) is 4.77. The zero-order valence-corrected chi connectivity index (χ0v) is 11.0. The predicted octanol–water partition coefficient (Wildman–Crippen LogP) is 3.97. The Labute approximate surface area is 102 Å². The molecule has 0 aliphatic carbocycles. The van der Waals surface area contributed by atoms with E-state index in [1.165, 1.54) is 12.1 Å².